The molecule has 0 spiro atoms. The number of nitrogens with one attached hydrogen (secondary N) is 3. The van der Waals surface area contributed by atoms with Crippen molar-refractivity contribution in [1.82, 2.24) is 15.3 Å². The van der Waals surface area contributed by atoms with Crippen LogP contribution in [0.4, 0.5) is 5.69 Å². The largest absolute Gasteiger partial charge is 0.330 e. The fourth-order valence-corrected chi connectivity index (χ4v) is 5.45. The molecule has 0 radical (unpaired) electrons. The molecule has 3 aromatic carbocycles. The SMILES string of the molecule is N#Cc1c(-c2c(Cl)cccc2Cl)nc(SCc2ccc(C(=O)NC(=S)Nc3c(Cl)cccc3Cl)cc2)[nH]c1=O. The number of hydrogen-bond acceptors (Lipinski definition) is 6. The van der Waals surface area contributed by atoms with E-state index in [0.717, 1.165) is 5.56 Å². The molecule has 0 aliphatic rings. The van der Waals surface area contributed by atoms with Gasteiger partial charge in [-0.1, -0.05) is 82.4 Å². The summed E-state index contributed by atoms with van der Waals surface area (Å²) >= 11 is 31.3. The number of amides is 1. The molecule has 0 aliphatic carbocycles. The predicted molar refractivity (Wildman–Crippen MR) is 161 cm³/mol. The van der Waals surface area contributed by atoms with Gasteiger partial charge in [-0.25, -0.2) is 4.98 Å². The van der Waals surface area contributed by atoms with Gasteiger partial charge in [-0.05, 0) is 54.2 Å². The monoisotopic (exact) mass is 633 g/mol. The molecule has 0 bridgehead atoms. The molecule has 4 rings (SSSR count). The number of aromatic nitrogens is 2. The maximum atomic E-state index is 12.6. The third-order valence-electron chi connectivity index (χ3n) is 5.23. The minimum absolute atomic E-state index is 0.0416. The third-order valence-corrected chi connectivity index (χ3v) is 7.64. The number of carbonyl (C=O) groups is 1. The maximum absolute atomic E-state index is 12.6. The molecule has 1 aromatic heterocycles. The summed E-state index contributed by atoms with van der Waals surface area (Å²) in [5.74, 6) is -0.00792. The number of hydrogen-bond donors (Lipinski definition) is 3. The van der Waals surface area contributed by atoms with Gasteiger partial charge in [0.2, 0.25) is 0 Å². The van der Waals surface area contributed by atoms with Crippen molar-refractivity contribution in [2.45, 2.75) is 10.9 Å². The Morgan fingerprint density at radius 3 is 2.15 bits per heavy atom. The van der Waals surface area contributed by atoms with Gasteiger partial charge in [-0.2, -0.15) is 5.26 Å². The summed E-state index contributed by atoms with van der Waals surface area (Å²) in [6.45, 7) is 0. The molecule has 0 saturated heterocycles. The van der Waals surface area contributed by atoms with Crippen LogP contribution in [0.25, 0.3) is 11.3 Å². The van der Waals surface area contributed by atoms with Crippen molar-refractivity contribution in [2.75, 3.05) is 5.32 Å². The molecule has 3 N–H and O–H groups in total. The molecule has 0 saturated carbocycles. The first-order chi connectivity index (χ1) is 18.7. The lowest BCUT2D eigenvalue weighted by molar-refractivity contribution is 0.0977. The first kappa shape index (κ1) is 28.9. The zero-order chi connectivity index (χ0) is 28.1. The standard InChI is InChI=1S/C26H15Cl4N5O2S2/c27-16-3-1-4-17(28)20(16)21-15(11-31)24(37)35-26(33-21)39-12-13-7-9-14(10-8-13)23(36)34-25(38)32-22-18(29)5-2-6-19(22)30/h1-10H,12H2,(H,33,35,37)(H2,32,34,36,38). The predicted octanol–water partition coefficient (Wildman–Crippen LogP) is 7.34. The summed E-state index contributed by atoms with van der Waals surface area (Å²) < 4.78 is 0. The van der Waals surface area contributed by atoms with Gasteiger partial charge in [0.1, 0.15) is 11.6 Å². The maximum Gasteiger partial charge on any atom is 0.270 e. The van der Waals surface area contributed by atoms with Crippen molar-refractivity contribution in [2.24, 2.45) is 0 Å². The number of thiocarbonyl (C=S) groups is 1. The second-order valence-electron chi connectivity index (χ2n) is 7.79. The van der Waals surface area contributed by atoms with Crippen LogP contribution in [0.15, 0.2) is 70.6 Å². The van der Waals surface area contributed by atoms with E-state index < -0.39 is 11.5 Å². The number of halogens is 4. The number of aromatic amines is 1. The van der Waals surface area contributed by atoms with Crippen molar-refractivity contribution in [3.05, 3.63) is 108 Å². The summed E-state index contributed by atoms with van der Waals surface area (Å²) in [6.07, 6.45) is 0. The average Bonchev–Trinajstić information content (AvgIpc) is 2.90. The van der Waals surface area contributed by atoms with Crippen LogP contribution >= 0.6 is 70.4 Å². The lowest BCUT2D eigenvalue weighted by Crippen LogP contribution is -2.34. The molecular weight excluding hydrogens is 620 g/mol. The van der Waals surface area contributed by atoms with E-state index >= 15 is 0 Å². The van der Waals surface area contributed by atoms with Crippen LogP contribution in [-0.2, 0) is 5.75 Å². The summed E-state index contributed by atoms with van der Waals surface area (Å²) in [5.41, 5.74) is 1.25. The van der Waals surface area contributed by atoms with Crippen molar-refractivity contribution in [3.8, 4) is 17.3 Å². The Labute approximate surface area is 252 Å². The highest BCUT2D eigenvalue weighted by Crippen LogP contribution is 2.35. The van der Waals surface area contributed by atoms with Gasteiger partial charge in [-0.15, -0.1) is 0 Å². The molecular formula is C26H15Cl4N5O2S2. The first-order valence-corrected chi connectivity index (χ1v) is 13.9. The second kappa shape index (κ2) is 12.8. The van der Waals surface area contributed by atoms with Crippen molar-refractivity contribution in [1.29, 1.82) is 5.26 Å². The molecule has 0 fully saturated rings. The van der Waals surface area contributed by atoms with Crippen LogP contribution in [0.3, 0.4) is 0 Å². The normalized spacial score (nSPS) is 10.5. The Bertz CT molecular complexity index is 1650. The minimum Gasteiger partial charge on any atom is -0.330 e. The molecule has 196 valence electrons. The first-order valence-electron chi connectivity index (χ1n) is 10.9. The number of benzene rings is 3. The zero-order valence-corrected chi connectivity index (χ0v) is 24.2. The average molecular weight is 635 g/mol. The molecule has 1 amide bonds. The number of anilines is 1. The van der Waals surface area contributed by atoms with E-state index in [9.17, 15) is 14.9 Å². The van der Waals surface area contributed by atoms with Crippen molar-refractivity contribution in [3.63, 3.8) is 0 Å². The smallest absolute Gasteiger partial charge is 0.270 e. The van der Waals surface area contributed by atoms with Gasteiger partial charge in [0, 0.05) is 16.9 Å². The quantitative estimate of drug-likeness (QED) is 0.116. The topological polar surface area (TPSA) is 111 Å². The Morgan fingerprint density at radius 2 is 1.56 bits per heavy atom. The van der Waals surface area contributed by atoms with Gasteiger partial charge in [0.05, 0.1) is 31.5 Å². The molecule has 7 nitrogen and oxygen atoms in total. The lowest BCUT2D eigenvalue weighted by Gasteiger charge is -2.12. The number of nitrogens with zero attached hydrogens (tertiary/aromatic N) is 2. The molecule has 4 aromatic rings. The van der Waals surface area contributed by atoms with Crippen LogP contribution in [0.1, 0.15) is 21.5 Å². The van der Waals surface area contributed by atoms with E-state index in [1.54, 1.807) is 60.7 Å². The summed E-state index contributed by atoms with van der Waals surface area (Å²) in [7, 11) is 0. The number of thioether (sulfide) groups is 1. The fraction of sp³-hybridized carbons (Fsp3) is 0.0385. The molecule has 0 aliphatic heterocycles. The highest BCUT2D eigenvalue weighted by molar-refractivity contribution is 7.98. The van der Waals surface area contributed by atoms with E-state index in [2.05, 4.69) is 20.6 Å². The zero-order valence-electron chi connectivity index (χ0n) is 19.5. The third kappa shape index (κ3) is 6.92. The van der Waals surface area contributed by atoms with Crippen LogP contribution in [0, 0.1) is 11.3 Å². The second-order valence-corrected chi connectivity index (χ2v) is 10.8. The molecule has 39 heavy (non-hydrogen) atoms. The lowest BCUT2D eigenvalue weighted by atomic mass is 10.1. The van der Waals surface area contributed by atoms with Crippen molar-refractivity contribution >= 4 is 87.1 Å². The van der Waals surface area contributed by atoms with E-state index in [-0.39, 0.29) is 31.6 Å². The molecule has 0 atom stereocenters. The van der Waals surface area contributed by atoms with Crippen LogP contribution < -0.4 is 16.2 Å². The van der Waals surface area contributed by atoms with Crippen molar-refractivity contribution < 1.29 is 4.79 Å². The van der Waals surface area contributed by atoms with Crippen LogP contribution in [-0.4, -0.2) is 21.0 Å². The van der Waals surface area contributed by atoms with Gasteiger partial charge < -0.3 is 10.3 Å². The van der Waals surface area contributed by atoms with Crippen LogP contribution in [0.5, 0.6) is 0 Å². The van der Waals surface area contributed by atoms with E-state index in [0.29, 0.717) is 32.6 Å². The summed E-state index contributed by atoms with van der Waals surface area (Å²) in [5, 5.41) is 16.5. The number of carbonyl (C=O) groups excluding carboxylic acids is 1. The summed E-state index contributed by atoms with van der Waals surface area (Å²) in [4.78, 5) is 32.2. The Hall–Kier alpha value is -3.10. The highest BCUT2D eigenvalue weighted by Gasteiger charge is 2.19. The highest BCUT2D eigenvalue weighted by atomic mass is 35.5. The number of nitriles is 1. The molecule has 1 heterocycles. The van der Waals surface area contributed by atoms with E-state index in [1.165, 1.54) is 11.8 Å². The van der Waals surface area contributed by atoms with Crippen LogP contribution in [0.2, 0.25) is 20.1 Å². The van der Waals surface area contributed by atoms with Gasteiger partial charge in [0.25, 0.3) is 11.5 Å². The molecule has 13 heteroatoms. The fourth-order valence-electron chi connectivity index (χ4n) is 3.37. The Morgan fingerprint density at radius 1 is 0.974 bits per heavy atom. The minimum atomic E-state index is -0.601. The van der Waals surface area contributed by atoms with E-state index in [1.807, 2.05) is 6.07 Å². The van der Waals surface area contributed by atoms with Gasteiger partial charge >= 0.3 is 0 Å². The van der Waals surface area contributed by atoms with Gasteiger partial charge in [0.15, 0.2) is 10.3 Å². The summed E-state index contributed by atoms with van der Waals surface area (Å²) in [6, 6.07) is 18.5. The number of rotatable bonds is 6. The number of H-pyrrole nitrogens is 1. The van der Waals surface area contributed by atoms with Gasteiger partial charge in [-0.3, -0.25) is 14.9 Å². The molecule has 0 unspecified atom stereocenters. The van der Waals surface area contributed by atoms with E-state index in [4.69, 9.17) is 58.6 Å². The Kier molecular flexibility index (Phi) is 9.51. The Balaban J connectivity index is 1.44. The number of para-hydroxylation sites is 1.